The van der Waals surface area contributed by atoms with E-state index in [-0.39, 0.29) is 24.0 Å². The Morgan fingerprint density at radius 1 is 1.27 bits per heavy atom. The van der Waals surface area contributed by atoms with Crippen LogP contribution in [0.4, 0.5) is 11.4 Å². The Kier molecular flexibility index (Phi) is 5.67. The average Bonchev–Trinajstić information content (AvgIpc) is 2.96. The van der Waals surface area contributed by atoms with E-state index in [1.54, 1.807) is 0 Å². The molecular formula is C19H25BrN4O2. The van der Waals surface area contributed by atoms with E-state index in [1.165, 1.54) is 0 Å². The van der Waals surface area contributed by atoms with E-state index in [9.17, 15) is 4.79 Å². The van der Waals surface area contributed by atoms with Gasteiger partial charge in [0.2, 0.25) is 0 Å². The Labute approximate surface area is 162 Å². The van der Waals surface area contributed by atoms with Crippen LogP contribution in [0.15, 0.2) is 28.7 Å². The number of anilines is 2. The van der Waals surface area contributed by atoms with E-state index in [2.05, 4.69) is 50.2 Å². The van der Waals surface area contributed by atoms with E-state index in [1.807, 2.05) is 38.1 Å². The topological polar surface area (TPSA) is 70.2 Å². The Morgan fingerprint density at radius 2 is 1.88 bits per heavy atom. The van der Waals surface area contributed by atoms with Gasteiger partial charge in [-0.15, -0.1) is 0 Å². The summed E-state index contributed by atoms with van der Waals surface area (Å²) in [5.41, 5.74) is 3.16. The number of hydrogen-bond donors (Lipinski definition) is 2. The fourth-order valence-electron chi connectivity index (χ4n) is 3.21. The SMILES string of the molecule is CC1CN(c2ccc(NC(=O)c3n[nH]c(C(C)C)c3Br)cc2)CC(C)O1. The first-order valence-corrected chi connectivity index (χ1v) is 9.70. The van der Waals surface area contributed by atoms with Gasteiger partial charge in [0, 0.05) is 24.5 Å². The Hall–Kier alpha value is -1.86. The van der Waals surface area contributed by atoms with Gasteiger partial charge < -0.3 is 15.0 Å². The Balaban J connectivity index is 1.68. The van der Waals surface area contributed by atoms with Crippen LogP contribution in [-0.2, 0) is 4.74 Å². The van der Waals surface area contributed by atoms with Crippen LogP contribution in [0.5, 0.6) is 0 Å². The number of rotatable bonds is 4. The van der Waals surface area contributed by atoms with Crippen molar-refractivity contribution in [2.24, 2.45) is 0 Å². The van der Waals surface area contributed by atoms with Crippen molar-refractivity contribution in [3.05, 3.63) is 40.1 Å². The van der Waals surface area contributed by atoms with Crippen LogP contribution in [-0.4, -0.2) is 41.4 Å². The van der Waals surface area contributed by atoms with Crippen molar-refractivity contribution in [1.29, 1.82) is 0 Å². The fourth-order valence-corrected chi connectivity index (χ4v) is 4.02. The summed E-state index contributed by atoms with van der Waals surface area (Å²) in [6.07, 6.45) is 0.426. The summed E-state index contributed by atoms with van der Waals surface area (Å²) in [5, 5.41) is 9.96. The highest BCUT2D eigenvalue weighted by molar-refractivity contribution is 9.10. The number of benzene rings is 1. The number of carbonyl (C=O) groups is 1. The van der Waals surface area contributed by atoms with E-state index < -0.39 is 0 Å². The lowest BCUT2D eigenvalue weighted by molar-refractivity contribution is -0.00521. The van der Waals surface area contributed by atoms with Crippen molar-refractivity contribution < 1.29 is 9.53 Å². The molecule has 6 nitrogen and oxygen atoms in total. The van der Waals surface area contributed by atoms with Gasteiger partial charge in [-0.1, -0.05) is 13.8 Å². The third kappa shape index (κ3) is 4.10. The predicted octanol–water partition coefficient (Wildman–Crippen LogP) is 4.16. The lowest BCUT2D eigenvalue weighted by atomic mass is 10.1. The summed E-state index contributed by atoms with van der Waals surface area (Å²) in [4.78, 5) is 14.8. The third-order valence-corrected chi connectivity index (χ3v) is 5.24. The molecule has 2 N–H and O–H groups in total. The maximum absolute atomic E-state index is 12.5. The number of aromatic nitrogens is 2. The van der Waals surface area contributed by atoms with Gasteiger partial charge in [0.1, 0.15) is 0 Å². The first-order chi connectivity index (χ1) is 12.3. The largest absolute Gasteiger partial charge is 0.372 e. The molecule has 0 saturated carbocycles. The summed E-state index contributed by atoms with van der Waals surface area (Å²) in [7, 11) is 0. The molecule has 140 valence electrons. The molecule has 1 aromatic carbocycles. The molecule has 0 spiro atoms. The first-order valence-electron chi connectivity index (χ1n) is 8.90. The number of H-pyrrole nitrogens is 1. The van der Waals surface area contributed by atoms with E-state index in [0.29, 0.717) is 5.69 Å². The molecule has 1 aliphatic heterocycles. The maximum atomic E-state index is 12.5. The molecule has 2 heterocycles. The number of halogens is 1. The second-order valence-corrected chi connectivity index (χ2v) is 7.91. The lowest BCUT2D eigenvalue weighted by Gasteiger charge is -2.36. The molecule has 1 fully saturated rings. The van der Waals surface area contributed by atoms with Crippen molar-refractivity contribution >= 4 is 33.2 Å². The van der Waals surface area contributed by atoms with Crippen molar-refractivity contribution in [2.75, 3.05) is 23.3 Å². The minimum atomic E-state index is -0.235. The van der Waals surface area contributed by atoms with Gasteiger partial charge in [-0.05, 0) is 60.0 Å². The quantitative estimate of drug-likeness (QED) is 0.778. The molecule has 7 heteroatoms. The van der Waals surface area contributed by atoms with Crippen molar-refractivity contribution in [3.63, 3.8) is 0 Å². The number of carbonyl (C=O) groups excluding carboxylic acids is 1. The second-order valence-electron chi connectivity index (χ2n) is 7.12. The van der Waals surface area contributed by atoms with Crippen LogP contribution in [0.25, 0.3) is 0 Å². The zero-order chi connectivity index (χ0) is 18.8. The first kappa shape index (κ1) is 18.9. The smallest absolute Gasteiger partial charge is 0.277 e. The number of morpholine rings is 1. The lowest BCUT2D eigenvalue weighted by Crippen LogP contribution is -2.45. The molecule has 3 rings (SSSR count). The summed E-state index contributed by atoms with van der Waals surface area (Å²) in [6.45, 7) is 10.0. The number of aromatic amines is 1. The van der Waals surface area contributed by atoms with Crippen LogP contribution in [0, 0.1) is 0 Å². The van der Waals surface area contributed by atoms with E-state index in [0.717, 1.165) is 34.6 Å². The van der Waals surface area contributed by atoms with Gasteiger partial charge in [0.05, 0.1) is 22.4 Å². The molecule has 0 aliphatic carbocycles. The Morgan fingerprint density at radius 3 is 2.42 bits per heavy atom. The molecular weight excluding hydrogens is 396 g/mol. The molecule has 2 atom stereocenters. The van der Waals surface area contributed by atoms with Crippen LogP contribution in [0.3, 0.4) is 0 Å². The molecule has 1 amide bonds. The van der Waals surface area contributed by atoms with Crippen LogP contribution < -0.4 is 10.2 Å². The van der Waals surface area contributed by atoms with E-state index in [4.69, 9.17) is 4.74 Å². The van der Waals surface area contributed by atoms with Crippen molar-refractivity contribution in [1.82, 2.24) is 10.2 Å². The molecule has 26 heavy (non-hydrogen) atoms. The summed E-state index contributed by atoms with van der Waals surface area (Å²) in [6, 6.07) is 7.89. The number of nitrogens with zero attached hydrogens (tertiary/aromatic N) is 2. The van der Waals surface area contributed by atoms with Crippen molar-refractivity contribution in [2.45, 2.75) is 45.8 Å². The monoisotopic (exact) mass is 420 g/mol. The minimum absolute atomic E-state index is 0.213. The average molecular weight is 421 g/mol. The molecule has 1 aliphatic rings. The highest BCUT2D eigenvalue weighted by atomic mass is 79.9. The molecule has 2 aromatic rings. The normalized spacial score (nSPS) is 20.5. The van der Waals surface area contributed by atoms with Gasteiger partial charge in [-0.2, -0.15) is 5.10 Å². The van der Waals surface area contributed by atoms with Crippen LogP contribution >= 0.6 is 15.9 Å². The molecule has 0 bridgehead atoms. The number of nitrogens with one attached hydrogen (secondary N) is 2. The fraction of sp³-hybridized carbons (Fsp3) is 0.474. The summed E-state index contributed by atoms with van der Waals surface area (Å²) >= 11 is 3.47. The van der Waals surface area contributed by atoms with Crippen LogP contribution in [0.1, 0.15) is 49.8 Å². The van der Waals surface area contributed by atoms with Gasteiger partial charge in [-0.25, -0.2) is 0 Å². The minimum Gasteiger partial charge on any atom is -0.372 e. The van der Waals surface area contributed by atoms with Crippen molar-refractivity contribution in [3.8, 4) is 0 Å². The van der Waals surface area contributed by atoms with Crippen LogP contribution in [0.2, 0.25) is 0 Å². The molecule has 0 radical (unpaired) electrons. The van der Waals surface area contributed by atoms with Gasteiger partial charge in [0.25, 0.3) is 5.91 Å². The molecule has 1 saturated heterocycles. The summed E-state index contributed by atoms with van der Waals surface area (Å²) in [5.74, 6) is 0.0254. The van der Waals surface area contributed by atoms with Gasteiger partial charge >= 0.3 is 0 Å². The third-order valence-electron chi connectivity index (χ3n) is 4.43. The number of hydrogen-bond acceptors (Lipinski definition) is 4. The highest BCUT2D eigenvalue weighted by Crippen LogP contribution is 2.27. The number of ether oxygens (including phenoxy) is 1. The number of amides is 1. The predicted molar refractivity (Wildman–Crippen MR) is 107 cm³/mol. The van der Waals surface area contributed by atoms with E-state index >= 15 is 0 Å². The molecule has 2 unspecified atom stereocenters. The van der Waals surface area contributed by atoms with Gasteiger partial charge in [-0.3, -0.25) is 9.89 Å². The second kappa shape index (κ2) is 7.80. The zero-order valence-electron chi connectivity index (χ0n) is 15.5. The highest BCUT2D eigenvalue weighted by Gasteiger charge is 2.23. The van der Waals surface area contributed by atoms with Gasteiger partial charge in [0.15, 0.2) is 5.69 Å². The molecule has 1 aromatic heterocycles. The maximum Gasteiger partial charge on any atom is 0.277 e. The standard InChI is InChI=1S/C19H25BrN4O2/c1-11(2)17-16(20)18(23-22-17)19(25)21-14-5-7-15(8-6-14)24-9-12(3)26-13(4)10-24/h5-8,11-13H,9-10H2,1-4H3,(H,21,25)(H,22,23). The zero-order valence-corrected chi connectivity index (χ0v) is 17.1. The summed E-state index contributed by atoms with van der Waals surface area (Å²) < 4.78 is 6.50. The Bertz CT molecular complexity index is 762.